The van der Waals surface area contributed by atoms with Gasteiger partial charge in [0.2, 0.25) is 0 Å². The van der Waals surface area contributed by atoms with E-state index in [1.807, 2.05) is 6.07 Å². The van der Waals surface area contributed by atoms with Crippen molar-refractivity contribution in [3.8, 4) is 5.75 Å². The van der Waals surface area contributed by atoms with Crippen molar-refractivity contribution in [3.63, 3.8) is 0 Å². The van der Waals surface area contributed by atoms with E-state index in [-0.39, 0.29) is 24.2 Å². The molecule has 0 aliphatic rings. The molecule has 2 N–H and O–H groups in total. The largest absolute Gasteiger partial charge is 0.484 e. The molecular weight excluding hydrogens is 371 g/mol. The first kappa shape index (κ1) is 20.1. The topological polar surface area (TPSA) is 67.4 Å². The van der Waals surface area contributed by atoms with Crippen molar-refractivity contribution in [2.24, 2.45) is 0 Å². The predicted molar refractivity (Wildman–Crippen MR) is 109 cm³/mol. The van der Waals surface area contributed by atoms with Gasteiger partial charge in [-0.2, -0.15) is 0 Å². The summed E-state index contributed by atoms with van der Waals surface area (Å²) in [6.07, 6.45) is 0.613. The second kappa shape index (κ2) is 10.0. The second-order valence-electron chi connectivity index (χ2n) is 6.36. The molecule has 0 atom stereocenters. The first-order valence-electron chi connectivity index (χ1n) is 9.20. The number of ether oxygens (including phenoxy) is 1. The maximum atomic E-state index is 12.9. The number of hydrogen-bond donors (Lipinski definition) is 2. The lowest BCUT2D eigenvalue weighted by Gasteiger charge is -2.09. The third-order valence-electron chi connectivity index (χ3n) is 4.17. The lowest BCUT2D eigenvalue weighted by atomic mass is 10.1. The van der Waals surface area contributed by atoms with Crippen LogP contribution in [0.4, 0.5) is 10.1 Å². The Labute approximate surface area is 168 Å². The summed E-state index contributed by atoms with van der Waals surface area (Å²) >= 11 is 0. The van der Waals surface area contributed by atoms with Gasteiger partial charge < -0.3 is 15.4 Å². The van der Waals surface area contributed by atoms with Crippen LogP contribution in [-0.4, -0.2) is 25.0 Å². The van der Waals surface area contributed by atoms with E-state index in [1.54, 1.807) is 60.7 Å². The average molecular weight is 392 g/mol. The molecule has 5 nitrogen and oxygen atoms in total. The number of amides is 2. The maximum absolute atomic E-state index is 12.9. The van der Waals surface area contributed by atoms with Crippen molar-refractivity contribution in [2.45, 2.75) is 6.42 Å². The van der Waals surface area contributed by atoms with Crippen molar-refractivity contribution in [3.05, 3.63) is 95.8 Å². The van der Waals surface area contributed by atoms with E-state index >= 15 is 0 Å². The molecule has 3 aromatic carbocycles. The maximum Gasteiger partial charge on any atom is 0.257 e. The molecule has 0 aliphatic heterocycles. The molecule has 3 rings (SSSR count). The van der Waals surface area contributed by atoms with Crippen molar-refractivity contribution < 1.29 is 18.7 Å². The molecule has 0 unspecified atom stereocenters. The van der Waals surface area contributed by atoms with E-state index < -0.39 is 0 Å². The Morgan fingerprint density at radius 1 is 0.862 bits per heavy atom. The number of benzene rings is 3. The molecule has 2 amide bonds. The van der Waals surface area contributed by atoms with Crippen LogP contribution in [0.5, 0.6) is 5.75 Å². The molecule has 3 aromatic rings. The van der Waals surface area contributed by atoms with Gasteiger partial charge in [0.05, 0.1) is 0 Å². The van der Waals surface area contributed by atoms with Gasteiger partial charge in [0.1, 0.15) is 11.6 Å². The zero-order valence-corrected chi connectivity index (χ0v) is 15.7. The molecule has 0 saturated carbocycles. The van der Waals surface area contributed by atoms with Crippen LogP contribution in [0.2, 0.25) is 0 Å². The molecule has 0 bridgehead atoms. The minimum absolute atomic E-state index is 0.112. The fourth-order valence-electron chi connectivity index (χ4n) is 2.62. The summed E-state index contributed by atoms with van der Waals surface area (Å²) in [6.45, 7) is 0.331. The monoisotopic (exact) mass is 392 g/mol. The Kier molecular flexibility index (Phi) is 6.95. The third kappa shape index (κ3) is 6.46. The summed E-state index contributed by atoms with van der Waals surface area (Å²) < 4.78 is 18.3. The Balaban J connectivity index is 1.39. The standard InChI is InChI=1S/C23H21FN2O3/c24-19-8-6-17(7-9-19)14-15-25-22(27)16-29-21-12-10-20(11-13-21)26-23(28)18-4-2-1-3-5-18/h1-13H,14-16H2,(H,25,27)(H,26,28). The third-order valence-corrected chi connectivity index (χ3v) is 4.17. The Morgan fingerprint density at radius 2 is 1.55 bits per heavy atom. The molecule has 0 fully saturated rings. The zero-order chi connectivity index (χ0) is 20.5. The molecular formula is C23H21FN2O3. The highest BCUT2D eigenvalue weighted by molar-refractivity contribution is 6.04. The smallest absolute Gasteiger partial charge is 0.257 e. The van der Waals surface area contributed by atoms with Gasteiger partial charge in [-0.25, -0.2) is 4.39 Å². The van der Waals surface area contributed by atoms with Crippen molar-refractivity contribution >= 4 is 17.5 Å². The van der Waals surface area contributed by atoms with Gasteiger partial charge in [-0.3, -0.25) is 9.59 Å². The Hall–Kier alpha value is -3.67. The van der Waals surface area contributed by atoms with Gasteiger partial charge in [-0.15, -0.1) is 0 Å². The molecule has 0 aromatic heterocycles. The van der Waals surface area contributed by atoms with E-state index in [2.05, 4.69) is 10.6 Å². The molecule has 0 heterocycles. The minimum Gasteiger partial charge on any atom is -0.484 e. The van der Waals surface area contributed by atoms with Gasteiger partial charge in [-0.1, -0.05) is 30.3 Å². The van der Waals surface area contributed by atoms with Gasteiger partial charge in [0.15, 0.2) is 6.61 Å². The number of carbonyl (C=O) groups excluding carboxylic acids is 2. The highest BCUT2D eigenvalue weighted by Crippen LogP contribution is 2.16. The zero-order valence-electron chi connectivity index (χ0n) is 15.7. The fourth-order valence-corrected chi connectivity index (χ4v) is 2.62. The number of hydrogen-bond acceptors (Lipinski definition) is 3. The van der Waals surface area contributed by atoms with Crippen LogP contribution < -0.4 is 15.4 Å². The van der Waals surface area contributed by atoms with Crippen molar-refractivity contribution in [1.82, 2.24) is 5.32 Å². The summed E-state index contributed by atoms with van der Waals surface area (Å²) in [5.74, 6) is -0.193. The Morgan fingerprint density at radius 3 is 2.24 bits per heavy atom. The quantitative estimate of drug-likeness (QED) is 0.613. The highest BCUT2D eigenvalue weighted by Gasteiger charge is 2.06. The van der Waals surface area contributed by atoms with E-state index in [0.717, 1.165) is 5.56 Å². The van der Waals surface area contributed by atoms with Crippen molar-refractivity contribution in [1.29, 1.82) is 0 Å². The minimum atomic E-state index is -0.281. The molecule has 0 aliphatic carbocycles. The molecule has 0 radical (unpaired) electrons. The summed E-state index contributed by atoms with van der Waals surface area (Å²) in [4.78, 5) is 24.0. The molecule has 6 heteroatoms. The van der Waals surface area contributed by atoms with Crippen LogP contribution in [0, 0.1) is 5.82 Å². The predicted octanol–water partition coefficient (Wildman–Crippen LogP) is 3.82. The number of nitrogens with one attached hydrogen (secondary N) is 2. The van der Waals surface area contributed by atoms with Gasteiger partial charge in [0.25, 0.3) is 11.8 Å². The number of anilines is 1. The molecule has 0 saturated heterocycles. The number of carbonyl (C=O) groups is 2. The van der Waals surface area contributed by atoms with E-state index in [4.69, 9.17) is 4.74 Å². The highest BCUT2D eigenvalue weighted by atomic mass is 19.1. The fraction of sp³-hybridized carbons (Fsp3) is 0.130. The first-order chi connectivity index (χ1) is 14.1. The molecule has 148 valence electrons. The lowest BCUT2D eigenvalue weighted by Crippen LogP contribution is -2.30. The van der Waals surface area contributed by atoms with Crippen LogP contribution >= 0.6 is 0 Å². The summed E-state index contributed by atoms with van der Waals surface area (Å²) in [7, 11) is 0. The van der Waals surface area contributed by atoms with Crippen LogP contribution in [0.1, 0.15) is 15.9 Å². The van der Waals surface area contributed by atoms with Gasteiger partial charge in [-0.05, 0) is 60.5 Å². The lowest BCUT2D eigenvalue weighted by molar-refractivity contribution is -0.123. The van der Waals surface area contributed by atoms with E-state index in [1.165, 1.54) is 12.1 Å². The van der Waals surface area contributed by atoms with E-state index in [0.29, 0.717) is 30.0 Å². The molecule has 29 heavy (non-hydrogen) atoms. The van der Waals surface area contributed by atoms with Gasteiger partial charge in [0, 0.05) is 17.8 Å². The number of rotatable bonds is 8. The SMILES string of the molecule is O=C(COc1ccc(NC(=O)c2ccccc2)cc1)NCCc1ccc(F)cc1. The molecule has 0 spiro atoms. The van der Waals surface area contributed by atoms with E-state index in [9.17, 15) is 14.0 Å². The first-order valence-corrected chi connectivity index (χ1v) is 9.20. The van der Waals surface area contributed by atoms with Crippen LogP contribution in [-0.2, 0) is 11.2 Å². The Bertz CT molecular complexity index is 942. The van der Waals surface area contributed by atoms with Crippen LogP contribution in [0.3, 0.4) is 0 Å². The van der Waals surface area contributed by atoms with Crippen molar-refractivity contribution in [2.75, 3.05) is 18.5 Å². The summed E-state index contributed by atoms with van der Waals surface area (Å²) in [6, 6.07) is 21.9. The van der Waals surface area contributed by atoms with Crippen LogP contribution in [0.15, 0.2) is 78.9 Å². The number of halogens is 1. The van der Waals surface area contributed by atoms with Gasteiger partial charge >= 0.3 is 0 Å². The summed E-state index contributed by atoms with van der Waals surface area (Å²) in [5.41, 5.74) is 2.15. The second-order valence-corrected chi connectivity index (χ2v) is 6.36. The average Bonchev–Trinajstić information content (AvgIpc) is 2.75. The normalized spacial score (nSPS) is 10.2. The summed E-state index contributed by atoms with van der Waals surface area (Å²) in [5, 5.41) is 5.56. The van der Waals surface area contributed by atoms with Crippen LogP contribution in [0.25, 0.3) is 0 Å².